The van der Waals surface area contributed by atoms with Crippen LogP contribution in [0.15, 0.2) is 23.1 Å². The van der Waals surface area contributed by atoms with E-state index in [4.69, 9.17) is 0 Å². The fourth-order valence-electron chi connectivity index (χ4n) is 2.03. The van der Waals surface area contributed by atoms with E-state index in [1.54, 1.807) is 0 Å². The molecule has 5 heteroatoms. The van der Waals surface area contributed by atoms with Crippen LogP contribution < -0.4 is 5.32 Å². The lowest BCUT2D eigenvalue weighted by Gasteiger charge is -2.09. The molecule has 0 atom stereocenters. The summed E-state index contributed by atoms with van der Waals surface area (Å²) in [7, 11) is 1.96. The molecule has 19 heavy (non-hydrogen) atoms. The first-order chi connectivity index (χ1) is 8.97. The SMILES string of the molecule is Cc1cc(NCc2cn(C)nc2C(C)C)cnc1Br. The first-order valence-corrected chi connectivity index (χ1v) is 7.15. The van der Waals surface area contributed by atoms with Gasteiger partial charge in [-0.05, 0) is 40.4 Å². The summed E-state index contributed by atoms with van der Waals surface area (Å²) in [5.41, 5.74) is 4.54. The minimum Gasteiger partial charge on any atom is -0.380 e. The van der Waals surface area contributed by atoms with Crippen molar-refractivity contribution in [3.8, 4) is 0 Å². The van der Waals surface area contributed by atoms with Crippen LogP contribution in [-0.4, -0.2) is 14.8 Å². The second-order valence-corrected chi connectivity index (χ2v) is 5.80. The molecule has 0 aliphatic carbocycles. The highest BCUT2D eigenvalue weighted by Gasteiger charge is 2.11. The van der Waals surface area contributed by atoms with Gasteiger partial charge in [-0.1, -0.05) is 13.8 Å². The van der Waals surface area contributed by atoms with Crippen LogP contribution in [0.1, 0.15) is 36.6 Å². The van der Waals surface area contributed by atoms with E-state index in [0.717, 1.165) is 28.1 Å². The molecule has 0 aliphatic heterocycles. The Hall–Kier alpha value is -1.36. The second-order valence-electron chi connectivity index (χ2n) is 5.05. The van der Waals surface area contributed by atoms with Crippen LogP contribution in [-0.2, 0) is 13.6 Å². The Morgan fingerprint density at radius 3 is 2.79 bits per heavy atom. The first-order valence-electron chi connectivity index (χ1n) is 6.35. The van der Waals surface area contributed by atoms with E-state index in [2.05, 4.69) is 57.4 Å². The van der Waals surface area contributed by atoms with E-state index in [1.807, 2.05) is 24.9 Å². The molecule has 0 radical (unpaired) electrons. The number of halogens is 1. The number of nitrogens with zero attached hydrogens (tertiary/aromatic N) is 3. The summed E-state index contributed by atoms with van der Waals surface area (Å²) < 4.78 is 2.76. The van der Waals surface area contributed by atoms with E-state index in [1.165, 1.54) is 5.56 Å². The predicted octanol–water partition coefficient (Wildman–Crippen LogP) is 3.62. The van der Waals surface area contributed by atoms with Crippen LogP contribution in [0, 0.1) is 6.92 Å². The van der Waals surface area contributed by atoms with Crippen molar-refractivity contribution in [1.29, 1.82) is 0 Å². The van der Waals surface area contributed by atoms with Crippen molar-refractivity contribution in [3.63, 3.8) is 0 Å². The molecule has 0 saturated carbocycles. The molecule has 0 unspecified atom stereocenters. The van der Waals surface area contributed by atoms with Crippen LogP contribution in [0.2, 0.25) is 0 Å². The van der Waals surface area contributed by atoms with Gasteiger partial charge in [0.25, 0.3) is 0 Å². The Kier molecular flexibility index (Phi) is 4.24. The third kappa shape index (κ3) is 3.35. The van der Waals surface area contributed by atoms with Crippen LogP contribution >= 0.6 is 15.9 Å². The van der Waals surface area contributed by atoms with Gasteiger partial charge in [0.2, 0.25) is 0 Å². The van der Waals surface area contributed by atoms with Crippen molar-refractivity contribution < 1.29 is 0 Å². The molecule has 0 aromatic carbocycles. The van der Waals surface area contributed by atoms with Crippen molar-refractivity contribution in [2.45, 2.75) is 33.2 Å². The number of hydrogen-bond donors (Lipinski definition) is 1. The summed E-state index contributed by atoms with van der Waals surface area (Å²) in [6.07, 6.45) is 3.91. The summed E-state index contributed by atoms with van der Waals surface area (Å²) in [4.78, 5) is 4.29. The molecule has 2 aromatic rings. The van der Waals surface area contributed by atoms with E-state index in [0.29, 0.717) is 5.92 Å². The lowest BCUT2D eigenvalue weighted by Crippen LogP contribution is -2.03. The highest BCUT2D eigenvalue weighted by molar-refractivity contribution is 9.10. The summed E-state index contributed by atoms with van der Waals surface area (Å²) in [6, 6.07) is 2.09. The maximum atomic E-state index is 4.51. The van der Waals surface area contributed by atoms with Crippen LogP contribution in [0.5, 0.6) is 0 Å². The van der Waals surface area contributed by atoms with E-state index in [9.17, 15) is 0 Å². The quantitative estimate of drug-likeness (QED) is 0.874. The number of aryl methyl sites for hydroxylation is 2. The molecule has 2 rings (SSSR count). The minimum absolute atomic E-state index is 0.433. The van der Waals surface area contributed by atoms with Gasteiger partial charge in [-0.3, -0.25) is 4.68 Å². The Balaban J connectivity index is 2.12. The topological polar surface area (TPSA) is 42.7 Å². The molecule has 102 valence electrons. The molecule has 0 saturated heterocycles. The van der Waals surface area contributed by atoms with Gasteiger partial charge in [0.15, 0.2) is 0 Å². The molecular formula is C14H19BrN4. The van der Waals surface area contributed by atoms with Gasteiger partial charge in [0.1, 0.15) is 4.60 Å². The normalized spacial score (nSPS) is 11.1. The fourth-order valence-corrected chi connectivity index (χ4v) is 2.25. The van der Waals surface area contributed by atoms with Gasteiger partial charge < -0.3 is 5.32 Å². The molecule has 0 aliphatic rings. The molecule has 0 spiro atoms. The van der Waals surface area contributed by atoms with Crippen molar-refractivity contribution >= 4 is 21.6 Å². The molecule has 2 aromatic heterocycles. The smallest absolute Gasteiger partial charge is 0.109 e. The average Bonchev–Trinajstić information content (AvgIpc) is 2.72. The lowest BCUT2D eigenvalue weighted by atomic mass is 10.1. The maximum Gasteiger partial charge on any atom is 0.109 e. The summed E-state index contributed by atoms with van der Waals surface area (Å²) in [6.45, 7) is 7.13. The third-order valence-corrected chi connectivity index (χ3v) is 3.81. The average molecular weight is 323 g/mol. The largest absolute Gasteiger partial charge is 0.380 e. The number of hydrogen-bond acceptors (Lipinski definition) is 3. The van der Waals surface area contributed by atoms with Crippen molar-refractivity contribution in [2.75, 3.05) is 5.32 Å². The second kappa shape index (κ2) is 5.74. The minimum atomic E-state index is 0.433. The zero-order valence-corrected chi connectivity index (χ0v) is 13.3. The predicted molar refractivity (Wildman–Crippen MR) is 81.3 cm³/mol. The Labute approximate surface area is 122 Å². The third-order valence-electron chi connectivity index (χ3n) is 2.98. The molecule has 0 fully saturated rings. The monoisotopic (exact) mass is 322 g/mol. The van der Waals surface area contributed by atoms with Crippen LogP contribution in [0.4, 0.5) is 5.69 Å². The molecule has 0 amide bonds. The summed E-state index contributed by atoms with van der Waals surface area (Å²) in [5.74, 6) is 0.433. The van der Waals surface area contributed by atoms with Crippen molar-refractivity contribution in [1.82, 2.24) is 14.8 Å². The van der Waals surface area contributed by atoms with E-state index < -0.39 is 0 Å². The highest BCUT2D eigenvalue weighted by Crippen LogP contribution is 2.20. The van der Waals surface area contributed by atoms with Gasteiger partial charge in [-0.2, -0.15) is 5.10 Å². The molecule has 4 nitrogen and oxygen atoms in total. The zero-order valence-electron chi connectivity index (χ0n) is 11.7. The van der Waals surface area contributed by atoms with Gasteiger partial charge in [0.05, 0.1) is 17.6 Å². The van der Waals surface area contributed by atoms with E-state index in [-0.39, 0.29) is 0 Å². The number of anilines is 1. The Morgan fingerprint density at radius 2 is 2.16 bits per heavy atom. The summed E-state index contributed by atoms with van der Waals surface area (Å²) in [5, 5.41) is 7.91. The van der Waals surface area contributed by atoms with E-state index >= 15 is 0 Å². The van der Waals surface area contributed by atoms with Crippen molar-refractivity contribution in [2.24, 2.45) is 7.05 Å². The highest BCUT2D eigenvalue weighted by atomic mass is 79.9. The van der Waals surface area contributed by atoms with Gasteiger partial charge >= 0.3 is 0 Å². The standard InChI is InChI=1S/C14H19BrN4/c1-9(2)13-11(8-19(4)18-13)6-16-12-5-10(3)14(15)17-7-12/h5,7-9,16H,6H2,1-4H3. The maximum absolute atomic E-state index is 4.51. The lowest BCUT2D eigenvalue weighted by molar-refractivity contribution is 0.712. The van der Waals surface area contributed by atoms with Gasteiger partial charge in [-0.25, -0.2) is 4.98 Å². The Morgan fingerprint density at radius 1 is 1.42 bits per heavy atom. The Bertz CT molecular complexity index is 575. The first kappa shape index (κ1) is 14.1. The number of nitrogens with one attached hydrogen (secondary N) is 1. The summed E-state index contributed by atoms with van der Waals surface area (Å²) >= 11 is 3.41. The molecular weight excluding hydrogens is 304 g/mol. The number of rotatable bonds is 4. The number of aromatic nitrogens is 3. The van der Waals surface area contributed by atoms with Crippen molar-refractivity contribution in [3.05, 3.63) is 39.9 Å². The molecule has 2 heterocycles. The van der Waals surface area contributed by atoms with Gasteiger partial charge in [-0.15, -0.1) is 0 Å². The van der Waals surface area contributed by atoms with Crippen LogP contribution in [0.3, 0.4) is 0 Å². The molecule has 1 N–H and O–H groups in total. The van der Waals surface area contributed by atoms with Gasteiger partial charge in [0, 0.05) is 25.4 Å². The molecule has 0 bridgehead atoms. The number of pyridine rings is 1. The van der Waals surface area contributed by atoms with Crippen LogP contribution in [0.25, 0.3) is 0 Å². The zero-order chi connectivity index (χ0) is 14.0. The fraction of sp³-hybridized carbons (Fsp3) is 0.429.